The van der Waals surface area contributed by atoms with Crippen LogP contribution in [-0.2, 0) is 9.53 Å². The lowest BCUT2D eigenvalue weighted by Crippen LogP contribution is -2.32. The molecule has 2 bridgehead atoms. The topological polar surface area (TPSA) is 46.5 Å². The molecule has 0 spiro atoms. The molecule has 0 aliphatic carbocycles. The predicted octanol–water partition coefficient (Wildman–Crippen LogP) is 1.03. The van der Waals surface area contributed by atoms with Crippen molar-refractivity contribution in [1.82, 2.24) is 0 Å². The van der Waals surface area contributed by atoms with Gasteiger partial charge in [-0.2, -0.15) is 0 Å². The number of carbonyl (C=O) groups is 1. The van der Waals surface area contributed by atoms with Crippen molar-refractivity contribution in [3.8, 4) is 0 Å². The van der Waals surface area contributed by atoms with Crippen LogP contribution in [0.15, 0.2) is 0 Å². The molecule has 2 rings (SSSR count). The number of carboxylic acids is 1. The summed E-state index contributed by atoms with van der Waals surface area (Å²) in [5.74, 6) is -0.913. The molecule has 62 valence electrons. The minimum atomic E-state index is -0.685. The summed E-state index contributed by atoms with van der Waals surface area (Å²) < 4.78 is 5.49. The maximum atomic E-state index is 10.7. The highest BCUT2D eigenvalue weighted by Crippen LogP contribution is 2.36. The monoisotopic (exact) mass is 156 g/mol. The fourth-order valence-electron chi connectivity index (χ4n) is 2.08. The molecule has 0 aromatic rings. The fraction of sp³-hybridized carbons (Fsp3) is 0.875. The zero-order valence-electron chi connectivity index (χ0n) is 6.32. The van der Waals surface area contributed by atoms with Crippen LogP contribution in [0.2, 0.25) is 0 Å². The SMILES string of the molecule is O=C(O)[C@H]1CC[C@@H]2CC[C@H]1O2. The first-order chi connectivity index (χ1) is 5.27. The van der Waals surface area contributed by atoms with Gasteiger partial charge in [0.25, 0.3) is 0 Å². The van der Waals surface area contributed by atoms with E-state index in [-0.39, 0.29) is 12.0 Å². The standard InChI is InChI=1S/C8H12O3/c9-8(10)6-3-1-5-2-4-7(6)11-5/h5-7H,1-4H2,(H,9,10)/t5-,6+,7-/m1/s1. The Hall–Kier alpha value is -0.570. The van der Waals surface area contributed by atoms with Gasteiger partial charge >= 0.3 is 5.97 Å². The average Bonchev–Trinajstić information content (AvgIpc) is 2.32. The van der Waals surface area contributed by atoms with Crippen LogP contribution in [0.3, 0.4) is 0 Å². The Morgan fingerprint density at radius 2 is 2.00 bits per heavy atom. The summed E-state index contributed by atoms with van der Waals surface area (Å²) in [6.45, 7) is 0. The molecule has 2 aliphatic rings. The van der Waals surface area contributed by atoms with Gasteiger partial charge in [-0.1, -0.05) is 0 Å². The third-order valence-corrected chi connectivity index (χ3v) is 2.71. The van der Waals surface area contributed by atoms with E-state index >= 15 is 0 Å². The van der Waals surface area contributed by atoms with Crippen molar-refractivity contribution in [1.29, 1.82) is 0 Å². The molecule has 3 nitrogen and oxygen atoms in total. The highest BCUT2D eigenvalue weighted by Gasteiger charge is 2.40. The molecule has 0 unspecified atom stereocenters. The Labute approximate surface area is 65.4 Å². The molecule has 0 aromatic heterocycles. The van der Waals surface area contributed by atoms with Crippen molar-refractivity contribution in [2.45, 2.75) is 37.9 Å². The van der Waals surface area contributed by atoms with Crippen LogP contribution in [0.1, 0.15) is 25.7 Å². The second-order valence-corrected chi connectivity index (χ2v) is 3.40. The Morgan fingerprint density at radius 1 is 1.27 bits per heavy atom. The summed E-state index contributed by atoms with van der Waals surface area (Å²) in [6, 6.07) is 0. The van der Waals surface area contributed by atoms with Gasteiger partial charge < -0.3 is 9.84 Å². The van der Waals surface area contributed by atoms with Gasteiger partial charge in [-0.15, -0.1) is 0 Å². The predicted molar refractivity (Wildman–Crippen MR) is 38.3 cm³/mol. The van der Waals surface area contributed by atoms with Gasteiger partial charge in [-0.05, 0) is 25.7 Å². The first kappa shape index (κ1) is 7.10. The van der Waals surface area contributed by atoms with Gasteiger partial charge in [0.15, 0.2) is 0 Å². The molecule has 2 aliphatic heterocycles. The third kappa shape index (κ3) is 1.13. The van der Waals surface area contributed by atoms with E-state index < -0.39 is 5.97 Å². The zero-order valence-corrected chi connectivity index (χ0v) is 6.32. The maximum Gasteiger partial charge on any atom is 0.309 e. The van der Waals surface area contributed by atoms with Crippen LogP contribution in [0.4, 0.5) is 0 Å². The molecule has 11 heavy (non-hydrogen) atoms. The van der Waals surface area contributed by atoms with E-state index in [1.165, 1.54) is 0 Å². The number of ether oxygens (including phenoxy) is 1. The third-order valence-electron chi connectivity index (χ3n) is 2.71. The molecular weight excluding hydrogens is 144 g/mol. The van der Waals surface area contributed by atoms with Crippen molar-refractivity contribution in [3.05, 3.63) is 0 Å². The normalized spacial score (nSPS) is 42.4. The van der Waals surface area contributed by atoms with Crippen molar-refractivity contribution in [2.24, 2.45) is 5.92 Å². The number of carboxylic acid groups (broad SMARTS) is 1. The van der Waals surface area contributed by atoms with Crippen LogP contribution >= 0.6 is 0 Å². The summed E-state index contributed by atoms with van der Waals surface area (Å²) in [5.41, 5.74) is 0. The summed E-state index contributed by atoms with van der Waals surface area (Å²) in [7, 11) is 0. The fourth-order valence-corrected chi connectivity index (χ4v) is 2.08. The highest BCUT2D eigenvalue weighted by atomic mass is 16.5. The van der Waals surface area contributed by atoms with Crippen LogP contribution in [0.25, 0.3) is 0 Å². The Bertz CT molecular complexity index is 178. The van der Waals surface area contributed by atoms with Gasteiger partial charge in [0, 0.05) is 0 Å². The van der Waals surface area contributed by atoms with E-state index in [4.69, 9.17) is 9.84 Å². The summed E-state index contributed by atoms with van der Waals surface area (Å²) in [4.78, 5) is 10.7. The number of hydrogen-bond donors (Lipinski definition) is 1. The smallest absolute Gasteiger partial charge is 0.309 e. The van der Waals surface area contributed by atoms with E-state index in [1.807, 2.05) is 0 Å². The minimum Gasteiger partial charge on any atom is -0.481 e. The molecule has 0 aromatic carbocycles. The lowest BCUT2D eigenvalue weighted by atomic mass is 9.96. The quantitative estimate of drug-likeness (QED) is 0.616. The molecule has 2 fully saturated rings. The second kappa shape index (κ2) is 2.48. The van der Waals surface area contributed by atoms with Gasteiger partial charge in [-0.3, -0.25) is 4.79 Å². The van der Waals surface area contributed by atoms with E-state index in [2.05, 4.69) is 0 Å². The van der Waals surface area contributed by atoms with E-state index in [0.29, 0.717) is 6.10 Å². The summed E-state index contributed by atoms with van der Waals surface area (Å²) >= 11 is 0. The Morgan fingerprint density at radius 3 is 2.73 bits per heavy atom. The van der Waals surface area contributed by atoms with E-state index in [1.54, 1.807) is 0 Å². The minimum absolute atomic E-state index is 0.0197. The lowest BCUT2D eigenvalue weighted by Gasteiger charge is -2.25. The van der Waals surface area contributed by atoms with Crippen LogP contribution in [-0.4, -0.2) is 23.3 Å². The van der Waals surface area contributed by atoms with Crippen molar-refractivity contribution in [2.75, 3.05) is 0 Å². The zero-order chi connectivity index (χ0) is 7.84. The molecule has 2 saturated heterocycles. The van der Waals surface area contributed by atoms with Crippen LogP contribution in [0.5, 0.6) is 0 Å². The van der Waals surface area contributed by atoms with Gasteiger partial charge in [-0.25, -0.2) is 0 Å². The molecule has 1 N–H and O–H groups in total. The largest absolute Gasteiger partial charge is 0.481 e. The highest BCUT2D eigenvalue weighted by molar-refractivity contribution is 5.70. The maximum absolute atomic E-state index is 10.7. The molecule has 3 atom stereocenters. The number of aliphatic carboxylic acids is 1. The molecule has 0 saturated carbocycles. The van der Waals surface area contributed by atoms with Crippen LogP contribution in [0, 0.1) is 5.92 Å². The Balaban J connectivity index is 2.07. The number of fused-ring (bicyclic) bond motifs is 2. The second-order valence-electron chi connectivity index (χ2n) is 3.40. The van der Waals surface area contributed by atoms with E-state index in [0.717, 1.165) is 25.7 Å². The van der Waals surface area contributed by atoms with Crippen molar-refractivity contribution < 1.29 is 14.6 Å². The Kier molecular flexibility index (Phi) is 1.60. The molecule has 2 heterocycles. The van der Waals surface area contributed by atoms with Crippen molar-refractivity contribution in [3.63, 3.8) is 0 Å². The first-order valence-electron chi connectivity index (χ1n) is 4.15. The van der Waals surface area contributed by atoms with Gasteiger partial charge in [0.2, 0.25) is 0 Å². The average molecular weight is 156 g/mol. The van der Waals surface area contributed by atoms with Crippen molar-refractivity contribution >= 4 is 5.97 Å². The van der Waals surface area contributed by atoms with E-state index in [9.17, 15) is 4.79 Å². The molecule has 0 radical (unpaired) electrons. The summed E-state index contributed by atoms with van der Waals surface area (Å²) in [6.07, 6.45) is 4.15. The lowest BCUT2D eigenvalue weighted by molar-refractivity contribution is -0.151. The molecule has 3 heteroatoms. The molecule has 0 amide bonds. The van der Waals surface area contributed by atoms with Gasteiger partial charge in [0.05, 0.1) is 18.1 Å². The number of hydrogen-bond acceptors (Lipinski definition) is 2. The summed E-state index contributed by atoms with van der Waals surface area (Å²) in [5, 5.41) is 8.78. The molecular formula is C8H12O3. The van der Waals surface area contributed by atoms with Gasteiger partial charge in [0.1, 0.15) is 0 Å². The number of rotatable bonds is 1. The first-order valence-corrected chi connectivity index (χ1v) is 4.15. The van der Waals surface area contributed by atoms with Crippen LogP contribution < -0.4 is 0 Å².